The fraction of sp³-hybridized carbons (Fsp3) is 0.793. The molecule has 0 amide bonds. The van der Waals surface area contributed by atoms with E-state index in [4.69, 9.17) is 52.1 Å². The summed E-state index contributed by atoms with van der Waals surface area (Å²) in [6.45, 7) is 10.3. The lowest BCUT2D eigenvalue weighted by atomic mass is 10.2. The molecule has 1 aliphatic rings. The summed E-state index contributed by atoms with van der Waals surface area (Å²) in [7, 11) is 0. The average molecular weight is 575 g/mol. The first-order valence-electron chi connectivity index (χ1n) is 14.5. The molecule has 1 saturated heterocycles. The lowest BCUT2D eigenvalue weighted by Crippen LogP contribution is -2.24. The van der Waals surface area contributed by atoms with E-state index in [0.717, 1.165) is 25.2 Å². The predicted molar refractivity (Wildman–Crippen MR) is 148 cm³/mol. The third-order valence-electron chi connectivity index (χ3n) is 5.51. The molecule has 1 atom stereocenters. The first-order valence-corrected chi connectivity index (χ1v) is 14.5. The molecule has 0 saturated carbocycles. The minimum Gasteiger partial charge on any atom is -0.491 e. The van der Waals surface area contributed by atoms with Gasteiger partial charge in [0.25, 0.3) is 0 Å². The highest BCUT2D eigenvalue weighted by Crippen LogP contribution is 2.13. The van der Waals surface area contributed by atoms with E-state index in [-0.39, 0.29) is 6.29 Å². The van der Waals surface area contributed by atoms with Gasteiger partial charge in [0.05, 0.1) is 112 Å². The first-order chi connectivity index (χ1) is 19.9. The van der Waals surface area contributed by atoms with Crippen molar-refractivity contribution in [2.24, 2.45) is 0 Å². The molecule has 1 fully saturated rings. The van der Waals surface area contributed by atoms with Crippen LogP contribution in [-0.2, 0) is 47.4 Å². The second kappa shape index (κ2) is 27.8. The molecule has 1 aromatic rings. The van der Waals surface area contributed by atoms with Crippen LogP contribution in [0.5, 0.6) is 5.75 Å². The van der Waals surface area contributed by atoms with Crippen LogP contribution in [0.2, 0.25) is 0 Å². The van der Waals surface area contributed by atoms with Crippen LogP contribution < -0.4 is 4.74 Å². The van der Waals surface area contributed by atoms with E-state index in [2.05, 4.69) is 0 Å². The van der Waals surface area contributed by atoms with Crippen LogP contribution in [0.15, 0.2) is 30.3 Å². The zero-order chi connectivity index (χ0) is 28.0. The van der Waals surface area contributed by atoms with Crippen molar-refractivity contribution in [2.75, 3.05) is 126 Å². The van der Waals surface area contributed by atoms with Crippen molar-refractivity contribution in [1.29, 1.82) is 0 Å². The molecule has 1 heterocycles. The van der Waals surface area contributed by atoms with Crippen molar-refractivity contribution < 1.29 is 52.1 Å². The molecule has 40 heavy (non-hydrogen) atoms. The van der Waals surface area contributed by atoms with Crippen LogP contribution in [-0.4, -0.2) is 132 Å². The first kappa shape index (κ1) is 34.8. The quantitative estimate of drug-likeness (QED) is 0.132. The topological polar surface area (TPSA) is 102 Å². The van der Waals surface area contributed by atoms with E-state index in [9.17, 15) is 0 Å². The molecule has 232 valence electrons. The number of hydrogen-bond acceptors (Lipinski definition) is 11. The number of para-hydroxylation sites is 1. The van der Waals surface area contributed by atoms with Gasteiger partial charge in [-0.1, -0.05) is 18.2 Å². The second-order valence-corrected chi connectivity index (χ2v) is 8.73. The molecule has 0 N–H and O–H groups in total. The standard InChI is InChI=1S/C29H50O11/c1-2-6-28(7-3-1)38-26-24-36-22-20-34-18-16-32-14-12-30-10-11-31-13-15-33-17-19-35-21-23-37-25-27-40-29-8-4-5-9-39-29/h1-3,6-7,29H,4-5,8-27H2. The molecule has 11 heteroatoms. The summed E-state index contributed by atoms with van der Waals surface area (Å²) in [5.41, 5.74) is 0. The van der Waals surface area contributed by atoms with Gasteiger partial charge in [-0.2, -0.15) is 0 Å². The minimum atomic E-state index is -0.0620. The van der Waals surface area contributed by atoms with E-state index >= 15 is 0 Å². The fourth-order valence-electron chi connectivity index (χ4n) is 3.46. The Morgan fingerprint density at radius 2 is 0.875 bits per heavy atom. The molecule has 1 unspecified atom stereocenters. The smallest absolute Gasteiger partial charge is 0.157 e. The zero-order valence-electron chi connectivity index (χ0n) is 24.0. The van der Waals surface area contributed by atoms with Gasteiger partial charge in [0.2, 0.25) is 0 Å². The number of ether oxygens (including phenoxy) is 11. The van der Waals surface area contributed by atoms with E-state index in [1.54, 1.807) is 0 Å². The molecule has 1 aromatic carbocycles. The number of rotatable bonds is 29. The fourth-order valence-corrected chi connectivity index (χ4v) is 3.46. The predicted octanol–water partition coefficient (Wildman–Crippen LogP) is 2.74. The van der Waals surface area contributed by atoms with Gasteiger partial charge in [-0.25, -0.2) is 0 Å². The second-order valence-electron chi connectivity index (χ2n) is 8.73. The third-order valence-corrected chi connectivity index (χ3v) is 5.51. The molecule has 0 bridgehead atoms. The molecular formula is C29H50O11. The highest BCUT2D eigenvalue weighted by Gasteiger charge is 2.13. The van der Waals surface area contributed by atoms with Crippen molar-refractivity contribution in [2.45, 2.75) is 25.6 Å². The van der Waals surface area contributed by atoms with Gasteiger partial charge >= 0.3 is 0 Å². The summed E-state index contributed by atoms with van der Waals surface area (Å²) in [4.78, 5) is 0. The van der Waals surface area contributed by atoms with Crippen molar-refractivity contribution in [3.05, 3.63) is 30.3 Å². The van der Waals surface area contributed by atoms with E-state index in [1.165, 1.54) is 6.42 Å². The van der Waals surface area contributed by atoms with Crippen LogP contribution in [0.3, 0.4) is 0 Å². The Labute approximate surface area is 239 Å². The largest absolute Gasteiger partial charge is 0.491 e. The maximum Gasteiger partial charge on any atom is 0.157 e. The maximum absolute atomic E-state index is 5.60. The monoisotopic (exact) mass is 574 g/mol. The summed E-state index contributed by atoms with van der Waals surface area (Å²) in [5.74, 6) is 0.847. The van der Waals surface area contributed by atoms with Crippen LogP contribution in [0.4, 0.5) is 0 Å². The Morgan fingerprint density at radius 3 is 1.27 bits per heavy atom. The maximum atomic E-state index is 5.60. The van der Waals surface area contributed by atoms with Gasteiger partial charge in [-0.3, -0.25) is 0 Å². The highest BCUT2D eigenvalue weighted by molar-refractivity contribution is 5.20. The van der Waals surface area contributed by atoms with Crippen molar-refractivity contribution >= 4 is 0 Å². The molecule has 0 spiro atoms. The van der Waals surface area contributed by atoms with E-state index in [1.807, 2.05) is 30.3 Å². The Morgan fingerprint density at radius 1 is 0.475 bits per heavy atom. The van der Waals surface area contributed by atoms with Gasteiger partial charge in [0.1, 0.15) is 12.4 Å². The van der Waals surface area contributed by atoms with Crippen LogP contribution in [0.1, 0.15) is 19.3 Å². The zero-order valence-corrected chi connectivity index (χ0v) is 24.0. The minimum absolute atomic E-state index is 0.0620. The Kier molecular flexibility index (Phi) is 24.2. The summed E-state index contributed by atoms with van der Waals surface area (Å²) in [6.07, 6.45) is 3.20. The lowest BCUT2D eigenvalue weighted by Gasteiger charge is -2.22. The average Bonchev–Trinajstić information content (AvgIpc) is 2.99. The molecule has 0 aliphatic carbocycles. The molecule has 2 rings (SSSR count). The van der Waals surface area contributed by atoms with Crippen LogP contribution in [0, 0.1) is 0 Å². The molecule has 0 aromatic heterocycles. The van der Waals surface area contributed by atoms with Gasteiger partial charge in [0, 0.05) is 6.61 Å². The van der Waals surface area contributed by atoms with Crippen molar-refractivity contribution in [3.8, 4) is 5.75 Å². The lowest BCUT2D eigenvalue weighted by molar-refractivity contribution is -0.169. The summed E-state index contributed by atoms with van der Waals surface area (Å²) >= 11 is 0. The normalized spacial score (nSPS) is 15.4. The molecule has 1 aliphatic heterocycles. The summed E-state index contributed by atoms with van der Waals surface area (Å²) in [6, 6.07) is 9.68. The van der Waals surface area contributed by atoms with Crippen molar-refractivity contribution in [3.63, 3.8) is 0 Å². The Hall–Kier alpha value is -1.38. The van der Waals surface area contributed by atoms with Gasteiger partial charge < -0.3 is 52.1 Å². The van der Waals surface area contributed by atoms with E-state index in [0.29, 0.717) is 119 Å². The third kappa shape index (κ3) is 22.3. The summed E-state index contributed by atoms with van der Waals surface area (Å²) in [5, 5.41) is 0. The highest BCUT2D eigenvalue weighted by atomic mass is 16.7. The van der Waals surface area contributed by atoms with Crippen LogP contribution in [0.25, 0.3) is 0 Å². The van der Waals surface area contributed by atoms with Gasteiger partial charge in [-0.05, 0) is 31.4 Å². The van der Waals surface area contributed by atoms with Crippen LogP contribution >= 0.6 is 0 Å². The van der Waals surface area contributed by atoms with Gasteiger partial charge in [0.15, 0.2) is 6.29 Å². The summed E-state index contributed by atoms with van der Waals surface area (Å²) < 4.78 is 60.5. The Balaban J connectivity index is 1.14. The Bertz CT molecular complexity index is 632. The molecule has 11 nitrogen and oxygen atoms in total. The van der Waals surface area contributed by atoms with Crippen molar-refractivity contribution in [1.82, 2.24) is 0 Å². The van der Waals surface area contributed by atoms with Gasteiger partial charge in [-0.15, -0.1) is 0 Å². The molecule has 0 radical (unpaired) electrons. The SMILES string of the molecule is c1ccc(OCCOCCOCCOCCOCCOCCOCCOCCOCCOC2CCCCO2)cc1. The van der Waals surface area contributed by atoms with E-state index < -0.39 is 0 Å². The number of benzene rings is 1. The number of hydrogen-bond donors (Lipinski definition) is 0. The molecular weight excluding hydrogens is 524 g/mol.